The summed E-state index contributed by atoms with van der Waals surface area (Å²) in [4.78, 5) is 2.45. The van der Waals surface area contributed by atoms with Crippen LogP contribution in [0.25, 0.3) is 0 Å². The van der Waals surface area contributed by atoms with E-state index in [4.69, 9.17) is 5.73 Å². The molecule has 1 aromatic rings. The Hall–Kier alpha value is -0.680. The number of nitrogens with two attached hydrogens (primary N) is 1. The Labute approximate surface area is 94.6 Å². The van der Waals surface area contributed by atoms with Crippen molar-refractivity contribution in [3.63, 3.8) is 0 Å². The predicted octanol–water partition coefficient (Wildman–Crippen LogP) is 1.74. The number of hydrogen-bond acceptors (Lipinski definition) is 5. The molecule has 1 fully saturated rings. The first kappa shape index (κ1) is 10.8. The van der Waals surface area contributed by atoms with Gasteiger partial charge in [0.25, 0.3) is 0 Å². The van der Waals surface area contributed by atoms with E-state index >= 15 is 0 Å². The standard InChI is InChI=1S/C10H18N4S/c1-2-5-14(6-8-3-4-8)7-9-10(11)15-13-12-9/h8H,2-7,11H2,1H3. The van der Waals surface area contributed by atoms with Crippen molar-refractivity contribution in [2.75, 3.05) is 18.8 Å². The van der Waals surface area contributed by atoms with Crippen LogP contribution in [0.4, 0.5) is 5.00 Å². The van der Waals surface area contributed by atoms with Crippen LogP contribution in [0, 0.1) is 5.92 Å². The largest absolute Gasteiger partial charge is 0.388 e. The van der Waals surface area contributed by atoms with Crippen molar-refractivity contribution in [3.8, 4) is 0 Å². The Balaban J connectivity index is 1.89. The molecule has 0 amide bonds. The van der Waals surface area contributed by atoms with E-state index < -0.39 is 0 Å². The molecule has 0 aromatic carbocycles. The zero-order valence-corrected chi connectivity index (χ0v) is 9.96. The number of hydrogen-bond donors (Lipinski definition) is 1. The fourth-order valence-corrected chi connectivity index (χ4v) is 2.19. The lowest BCUT2D eigenvalue weighted by molar-refractivity contribution is 0.252. The van der Waals surface area contributed by atoms with Crippen molar-refractivity contribution in [3.05, 3.63) is 5.69 Å². The van der Waals surface area contributed by atoms with Crippen LogP contribution >= 0.6 is 11.5 Å². The van der Waals surface area contributed by atoms with Gasteiger partial charge < -0.3 is 5.73 Å². The van der Waals surface area contributed by atoms with Gasteiger partial charge in [-0.1, -0.05) is 11.4 Å². The molecular weight excluding hydrogens is 208 g/mol. The molecule has 0 spiro atoms. The maximum atomic E-state index is 5.80. The third-order valence-corrected chi connectivity index (χ3v) is 3.31. The fourth-order valence-electron chi connectivity index (χ4n) is 1.75. The first-order chi connectivity index (χ1) is 7.29. The summed E-state index contributed by atoms with van der Waals surface area (Å²) in [5, 5.41) is 4.84. The second-order valence-electron chi connectivity index (χ2n) is 4.26. The molecule has 0 atom stereocenters. The van der Waals surface area contributed by atoms with Crippen molar-refractivity contribution in [2.24, 2.45) is 5.92 Å². The molecule has 15 heavy (non-hydrogen) atoms. The minimum atomic E-state index is 0.770. The summed E-state index contributed by atoms with van der Waals surface area (Å²) in [5.74, 6) is 0.921. The third kappa shape index (κ3) is 3.14. The second-order valence-corrected chi connectivity index (χ2v) is 5.05. The Morgan fingerprint density at radius 3 is 2.87 bits per heavy atom. The monoisotopic (exact) mass is 226 g/mol. The highest BCUT2D eigenvalue weighted by atomic mass is 32.1. The summed E-state index contributed by atoms with van der Waals surface area (Å²) in [6, 6.07) is 0. The number of nitrogen functional groups attached to an aromatic ring is 1. The number of rotatable bonds is 6. The van der Waals surface area contributed by atoms with Gasteiger partial charge in [0.15, 0.2) is 0 Å². The molecule has 2 rings (SSSR count). The number of anilines is 1. The van der Waals surface area contributed by atoms with E-state index in [1.807, 2.05) is 0 Å². The normalized spacial score (nSPS) is 16.1. The van der Waals surface area contributed by atoms with E-state index in [1.54, 1.807) is 0 Å². The Morgan fingerprint density at radius 1 is 1.53 bits per heavy atom. The smallest absolute Gasteiger partial charge is 0.132 e. The van der Waals surface area contributed by atoms with Gasteiger partial charge in [-0.15, -0.1) is 5.10 Å². The molecule has 1 aromatic heterocycles. The van der Waals surface area contributed by atoms with Crippen molar-refractivity contribution < 1.29 is 0 Å². The molecule has 5 heteroatoms. The average Bonchev–Trinajstić information content (AvgIpc) is 2.92. The van der Waals surface area contributed by atoms with Crippen LogP contribution in [0.15, 0.2) is 0 Å². The zero-order chi connectivity index (χ0) is 10.7. The van der Waals surface area contributed by atoms with Crippen LogP contribution in [-0.2, 0) is 6.54 Å². The molecule has 1 heterocycles. The van der Waals surface area contributed by atoms with Gasteiger partial charge >= 0.3 is 0 Å². The summed E-state index contributed by atoms with van der Waals surface area (Å²) in [6.45, 7) is 5.41. The summed E-state index contributed by atoms with van der Waals surface area (Å²) in [7, 11) is 0. The Kier molecular flexibility index (Phi) is 3.53. The number of aromatic nitrogens is 2. The van der Waals surface area contributed by atoms with Crippen LogP contribution in [-0.4, -0.2) is 27.6 Å². The highest BCUT2D eigenvalue weighted by molar-refractivity contribution is 7.09. The van der Waals surface area contributed by atoms with Crippen molar-refractivity contribution >= 4 is 16.5 Å². The lowest BCUT2D eigenvalue weighted by Crippen LogP contribution is -2.26. The molecule has 2 N–H and O–H groups in total. The average molecular weight is 226 g/mol. The maximum absolute atomic E-state index is 5.80. The van der Waals surface area contributed by atoms with Crippen LogP contribution in [0.2, 0.25) is 0 Å². The van der Waals surface area contributed by atoms with Crippen LogP contribution in [0.1, 0.15) is 31.9 Å². The molecular formula is C10H18N4S. The van der Waals surface area contributed by atoms with Crippen molar-refractivity contribution in [2.45, 2.75) is 32.7 Å². The van der Waals surface area contributed by atoms with Gasteiger partial charge in [-0.25, -0.2) is 0 Å². The van der Waals surface area contributed by atoms with Gasteiger partial charge in [0.2, 0.25) is 0 Å². The molecule has 0 bridgehead atoms. The fraction of sp³-hybridized carbons (Fsp3) is 0.800. The Morgan fingerprint density at radius 2 is 2.33 bits per heavy atom. The van der Waals surface area contributed by atoms with Gasteiger partial charge in [-0.05, 0) is 31.7 Å². The van der Waals surface area contributed by atoms with E-state index in [-0.39, 0.29) is 0 Å². The molecule has 4 nitrogen and oxygen atoms in total. The summed E-state index contributed by atoms with van der Waals surface area (Å²) >= 11 is 1.29. The molecule has 0 radical (unpaired) electrons. The molecule has 1 aliphatic rings. The van der Waals surface area contributed by atoms with Gasteiger partial charge in [0.05, 0.1) is 0 Å². The van der Waals surface area contributed by atoms with Crippen LogP contribution in [0.5, 0.6) is 0 Å². The SMILES string of the molecule is CCCN(Cc1nnsc1N)CC1CC1. The van der Waals surface area contributed by atoms with E-state index in [2.05, 4.69) is 21.4 Å². The summed E-state index contributed by atoms with van der Waals surface area (Å²) < 4.78 is 3.87. The molecule has 84 valence electrons. The number of nitrogens with zero attached hydrogens (tertiary/aromatic N) is 3. The molecule has 0 unspecified atom stereocenters. The van der Waals surface area contributed by atoms with Gasteiger partial charge in [0, 0.05) is 24.6 Å². The lowest BCUT2D eigenvalue weighted by Gasteiger charge is -2.20. The highest BCUT2D eigenvalue weighted by Crippen LogP contribution is 2.30. The molecule has 1 aliphatic carbocycles. The zero-order valence-electron chi connectivity index (χ0n) is 9.15. The molecule has 1 saturated carbocycles. The quantitative estimate of drug-likeness (QED) is 0.803. The highest BCUT2D eigenvalue weighted by Gasteiger charge is 2.24. The van der Waals surface area contributed by atoms with Gasteiger partial charge in [-0.2, -0.15) is 0 Å². The third-order valence-electron chi connectivity index (χ3n) is 2.71. The predicted molar refractivity (Wildman–Crippen MR) is 62.6 cm³/mol. The van der Waals surface area contributed by atoms with E-state index in [1.165, 1.54) is 37.3 Å². The minimum Gasteiger partial charge on any atom is -0.388 e. The minimum absolute atomic E-state index is 0.770. The summed E-state index contributed by atoms with van der Waals surface area (Å²) in [5.41, 5.74) is 6.75. The first-order valence-electron chi connectivity index (χ1n) is 5.58. The van der Waals surface area contributed by atoms with Crippen molar-refractivity contribution in [1.29, 1.82) is 0 Å². The first-order valence-corrected chi connectivity index (χ1v) is 6.36. The lowest BCUT2D eigenvalue weighted by atomic mass is 10.3. The van der Waals surface area contributed by atoms with E-state index in [0.29, 0.717) is 0 Å². The maximum Gasteiger partial charge on any atom is 0.132 e. The van der Waals surface area contributed by atoms with Gasteiger partial charge in [0.1, 0.15) is 10.7 Å². The topological polar surface area (TPSA) is 55.0 Å². The van der Waals surface area contributed by atoms with Gasteiger partial charge in [-0.3, -0.25) is 4.90 Å². The molecule has 0 saturated heterocycles. The van der Waals surface area contributed by atoms with Crippen LogP contribution < -0.4 is 5.73 Å². The van der Waals surface area contributed by atoms with E-state index in [9.17, 15) is 0 Å². The van der Waals surface area contributed by atoms with E-state index in [0.717, 1.165) is 29.7 Å². The second kappa shape index (κ2) is 4.90. The molecule has 0 aliphatic heterocycles. The van der Waals surface area contributed by atoms with Crippen LogP contribution in [0.3, 0.4) is 0 Å². The van der Waals surface area contributed by atoms with Crippen molar-refractivity contribution in [1.82, 2.24) is 14.5 Å². The Bertz CT molecular complexity index is 308. The summed E-state index contributed by atoms with van der Waals surface area (Å²) in [6.07, 6.45) is 3.97.